The van der Waals surface area contributed by atoms with Gasteiger partial charge in [-0.3, -0.25) is 10.1 Å². The lowest BCUT2D eigenvalue weighted by atomic mass is 10.2. The van der Waals surface area contributed by atoms with Crippen LogP contribution in [-0.2, 0) is 18.0 Å². The van der Waals surface area contributed by atoms with Crippen LogP contribution >= 0.6 is 31.9 Å². The second-order valence-corrected chi connectivity index (χ2v) is 5.84. The van der Waals surface area contributed by atoms with E-state index in [1.807, 2.05) is 24.3 Å². The van der Waals surface area contributed by atoms with Crippen LogP contribution in [0.2, 0.25) is 0 Å². The Morgan fingerprint density at radius 3 is 2.50 bits per heavy atom. The zero-order valence-electron chi connectivity index (χ0n) is 10.4. The molecule has 0 aliphatic rings. The molecule has 0 heterocycles. The molecule has 2 rings (SSSR count). The molecule has 0 N–H and O–H groups in total. The number of hydrogen-bond acceptors (Lipinski definition) is 3. The van der Waals surface area contributed by atoms with E-state index in [0.29, 0.717) is 17.7 Å². The van der Waals surface area contributed by atoms with Gasteiger partial charge in [-0.1, -0.05) is 40.2 Å². The highest BCUT2D eigenvalue weighted by Gasteiger charge is 2.12. The summed E-state index contributed by atoms with van der Waals surface area (Å²) in [7, 11) is 0. The number of nitrogens with zero attached hydrogens (tertiary/aromatic N) is 1. The van der Waals surface area contributed by atoms with Crippen LogP contribution < -0.4 is 0 Å². The zero-order chi connectivity index (χ0) is 14.5. The van der Waals surface area contributed by atoms with Crippen LogP contribution in [0.1, 0.15) is 11.1 Å². The second kappa shape index (κ2) is 6.97. The molecule has 0 saturated heterocycles. The highest BCUT2D eigenvalue weighted by atomic mass is 79.9. The zero-order valence-corrected chi connectivity index (χ0v) is 13.6. The lowest BCUT2D eigenvalue weighted by molar-refractivity contribution is -0.385. The first-order valence-corrected chi connectivity index (χ1v) is 7.40. The Labute approximate surface area is 133 Å². The molecule has 0 radical (unpaired) electrons. The summed E-state index contributed by atoms with van der Waals surface area (Å²) in [6.07, 6.45) is 0. The van der Waals surface area contributed by atoms with Crippen molar-refractivity contribution in [2.45, 2.75) is 13.2 Å². The van der Waals surface area contributed by atoms with Crippen LogP contribution in [0.4, 0.5) is 5.69 Å². The minimum Gasteiger partial charge on any atom is -0.372 e. The SMILES string of the molecule is O=[N+]([O-])c1cc(COCc2ccccc2Br)ccc1Br. The number of hydrogen-bond donors (Lipinski definition) is 0. The number of nitro benzene ring substituents is 1. The standard InChI is InChI=1S/C14H11Br2NO3/c15-12-4-2-1-3-11(12)9-20-8-10-5-6-13(16)14(7-10)17(18)19/h1-7H,8-9H2. The second-order valence-electron chi connectivity index (χ2n) is 4.13. The van der Waals surface area contributed by atoms with E-state index in [0.717, 1.165) is 15.6 Å². The lowest BCUT2D eigenvalue weighted by Crippen LogP contribution is -1.97. The molecule has 2 aromatic rings. The van der Waals surface area contributed by atoms with E-state index in [1.165, 1.54) is 6.07 Å². The van der Waals surface area contributed by atoms with Gasteiger partial charge in [0.2, 0.25) is 0 Å². The molecule has 0 unspecified atom stereocenters. The van der Waals surface area contributed by atoms with Crippen molar-refractivity contribution < 1.29 is 9.66 Å². The molecule has 0 atom stereocenters. The number of nitro groups is 1. The minimum atomic E-state index is -0.415. The maximum Gasteiger partial charge on any atom is 0.283 e. The van der Waals surface area contributed by atoms with Gasteiger partial charge in [0, 0.05) is 10.5 Å². The first-order valence-electron chi connectivity index (χ1n) is 5.82. The molecule has 0 saturated carbocycles. The summed E-state index contributed by atoms with van der Waals surface area (Å²) in [5.74, 6) is 0. The van der Waals surface area contributed by atoms with Crippen LogP contribution in [0.15, 0.2) is 51.4 Å². The van der Waals surface area contributed by atoms with Crippen molar-refractivity contribution in [1.29, 1.82) is 0 Å². The third-order valence-corrected chi connectivity index (χ3v) is 4.14. The normalized spacial score (nSPS) is 10.5. The third kappa shape index (κ3) is 3.88. The van der Waals surface area contributed by atoms with Gasteiger partial charge in [0.1, 0.15) is 0 Å². The van der Waals surface area contributed by atoms with E-state index in [2.05, 4.69) is 31.9 Å². The molecule has 4 nitrogen and oxygen atoms in total. The molecule has 6 heteroatoms. The Kier molecular flexibility index (Phi) is 5.28. The van der Waals surface area contributed by atoms with Crippen molar-refractivity contribution >= 4 is 37.5 Å². The van der Waals surface area contributed by atoms with Crippen molar-refractivity contribution in [3.63, 3.8) is 0 Å². The molecule has 0 aromatic heterocycles. The van der Waals surface area contributed by atoms with Crippen molar-refractivity contribution in [2.24, 2.45) is 0 Å². The summed E-state index contributed by atoms with van der Waals surface area (Å²) in [4.78, 5) is 10.4. The first kappa shape index (κ1) is 15.2. The molecule has 0 amide bonds. The van der Waals surface area contributed by atoms with Crippen LogP contribution in [0, 0.1) is 10.1 Å². The van der Waals surface area contributed by atoms with E-state index < -0.39 is 4.92 Å². The molecular weight excluding hydrogens is 390 g/mol. The van der Waals surface area contributed by atoms with E-state index >= 15 is 0 Å². The fourth-order valence-corrected chi connectivity index (χ4v) is 2.47. The molecule has 0 aliphatic heterocycles. The van der Waals surface area contributed by atoms with Crippen LogP contribution in [0.3, 0.4) is 0 Å². The number of halogens is 2. The van der Waals surface area contributed by atoms with Crippen LogP contribution in [0.5, 0.6) is 0 Å². The molecule has 0 fully saturated rings. The van der Waals surface area contributed by atoms with Crippen molar-refractivity contribution in [1.82, 2.24) is 0 Å². The Morgan fingerprint density at radius 1 is 1.05 bits per heavy atom. The van der Waals surface area contributed by atoms with E-state index in [-0.39, 0.29) is 5.69 Å². The molecule has 20 heavy (non-hydrogen) atoms. The fraction of sp³-hybridized carbons (Fsp3) is 0.143. The van der Waals surface area contributed by atoms with E-state index in [1.54, 1.807) is 12.1 Å². The predicted octanol–water partition coefficient (Wildman–Crippen LogP) is 4.84. The smallest absolute Gasteiger partial charge is 0.283 e. The Morgan fingerprint density at radius 2 is 1.80 bits per heavy atom. The van der Waals surface area contributed by atoms with Crippen LogP contribution in [0.25, 0.3) is 0 Å². The summed E-state index contributed by atoms with van der Waals surface area (Å²) in [6.45, 7) is 0.779. The molecular formula is C14H11Br2NO3. The lowest BCUT2D eigenvalue weighted by Gasteiger charge is -2.07. The van der Waals surface area contributed by atoms with Gasteiger partial charge in [-0.15, -0.1) is 0 Å². The van der Waals surface area contributed by atoms with Gasteiger partial charge >= 0.3 is 0 Å². The van der Waals surface area contributed by atoms with Crippen molar-refractivity contribution in [3.8, 4) is 0 Å². The summed E-state index contributed by atoms with van der Waals surface area (Å²) in [6, 6.07) is 12.8. The number of ether oxygens (including phenoxy) is 1. The van der Waals surface area contributed by atoms with Gasteiger partial charge in [-0.25, -0.2) is 0 Å². The van der Waals surface area contributed by atoms with Gasteiger partial charge < -0.3 is 4.74 Å². The first-order chi connectivity index (χ1) is 9.58. The van der Waals surface area contributed by atoms with E-state index in [9.17, 15) is 10.1 Å². The van der Waals surface area contributed by atoms with Crippen molar-refractivity contribution in [2.75, 3.05) is 0 Å². The van der Waals surface area contributed by atoms with Gasteiger partial charge in [0.25, 0.3) is 5.69 Å². The fourth-order valence-electron chi connectivity index (χ4n) is 1.68. The number of rotatable bonds is 5. The van der Waals surface area contributed by atoms with Crippen LogP contribution in [-0.4, -0.2) is 4.92 Å². The average Bonchev–Trinajstić information content (AvgIpc) is 2.42. The van der Waals surface area contributed by atoms with E-state index in [4.69, 9.17) is 4.74 Å². The molecule has 2 aromatic carbocycles. The predicted molar refractivity (Wildman–Crippen MR) is 83.4 cm³/mol. The van der Waals surface area contributed by atoms with Gasteiger partial charge in [0.15, 0.2) is 0 Å². The largest absolute Gasteiger partial charge is 0.372 e. The maximum atomic E-state index is 10.8. The molecule has 0 bridgehead atoms. The molecule has 104 valence electrons. The summed E-state index contributed by atoms with van der Waals surface area (Å²) < 4.78 is 7.05. The highest BCUT2D eigenvalue weighted by molar-refractivity contribution is 9.10. The quantitative estimate of drug-likeness (QED) is 0.533. The van der Waals surface area contributed by atoms with Crippen molar-refractivity contribution in [3.05, 3.63) is 72.7 Å². The number of benzene rings is 2. The maximum absolute atomic E-state index is 10.8. The summed E-state index contributed by atoms with van der Waals surface area (Å²) in [5.41, 5.74) is 1.86. The topological polar surface area (TPSA) is 52.4 Å². The van der Waals surface area contributed by atoms with Gasteiger partial charge in [-0.05, 0) is 39.2 Å². The summed E-state index contributed by atoms with van der Waals surface area (Å²) in [5, 5.41) is 10.8. The molecule has 0 aliphatic carbocycles. The Balaban J connectivity index is 2.00. The minimum absolute atomic E-state index is 0.0481. The highest BCUT2D eigenvalue weighted by Crippen LogP contribution is 2.26. The molecule has 0 spiro atoms. The Hall–Kier alpha value is -1.24. The summed E-state index contributed by atoms with van der Waals surface area (Å²) >= 11 is 6.60. The Bertz CT molecular complexity index is 632. The van der Waals surface area contributed by atoms with Gasteiger partial charge in [-0.2, -0.15) is 0 Å². The third-order valence-electron chi connectivity index (χ3n) is 2.69. The monoisotopic (exact) mass is 399 g/mol. The van der Waals surface area contributed by atoms with Gasteiger partial charge in [0.05, 0.1) is 22.6 Å². The average molecular weight is 401 g/mol.